The molecule has 3 rings (SSSR count). The Bertz CT molecular complexity index is 364. The fourth-order valence-electron chi connectivity index (χ4n) is 3.01. The second-order valence-corrected chi connectivity index (χ2v) is 6.12. The molecule has 0 aliphatic carbocycles. The van der Waals surface area contributed by atoms with E-state index in [9.17, 15) is 0 Å². The van der Waals surface area contributed by atoms with Crippen LogP contribution < -0.4 is 5.32 Å². The summed E-state index contributed by atoms with van der Waals surface area (Å²) >= 11 is 1.91. The van der Waals surface area contributed by atoms with Gasteiger partial charge in [-0.05, 0) is 49.7 Å². The first-order valence-corrected chi connectivity index (χ1v) is 7.04. The molecule has 1 unspecified atom stereocenters. The van der Waals surface area contributed by atoms with Crippen LogP contribution in [0.25, 0.3) is 0 Å². The molecule has 2 nitrogen and oxygen atoms in total. The Balaban J connectivity index is 1.80. The average Bonchev–Trinajstić information content (AvgIpc) is 2.83. The summed E-state index contributed by atoms with van der Waals surface area (Å²) in [5, 5.41) is 5.83. The summed E-state index contributed by atoms with van der Waals surface area (Å²) in [7, 11) is 0. The maximum Gasteiger partial charge on any atom is 0.0594 e. The molecule has 0 amide bonds. The standard InChI is InChI=1S/C13H19NOS/c1-10-4-6-16-12(10)13(8-15-9-13)7-11-3-2-5-14-11/h4,6,11,14H,2-3,5,7-9H2,1H3. The number of nitrogens with one attached hydrogen (secondary N) is 1. The molecule has 1 aromatic rings. The van der Waals surface area contributed by atoms with Crippen LogP contribution in [0.15, 0.2) is 11.4 Å². The van der Waals surface area contributed by atoms with Crippen molar-refractivity contribution in [2.45, 2.75) is 37.6 Å². The number of aryl methyl sites for hydroxylation is 1. The maximum absolute atomic E-state index is 5.51. The summed E-state index contributed by atoms with van der Waals surface area (Å²) in [5.74, 6) is 0. The minimum Gasteiger partial charge on any atom is -0.379 e. The summed E-state index contributed by atoms with van der Waals surface area (Å²) in [6.45, 7) is 5.28. The van der Waals surface area contributed by atoms with E-state index in [2.05, 4.69) is 23.7 Å². The smallest absolute Gasteiger partial charge is 0.0594 e. The molecule has 3 heterocycles. The Labute approximate surface area is 101 Å². The van der Waals surface area contributed by atoms with Crippen molar-refractivity contribution in [1.82, 2.24) is 5.32 Å². The first kappa shape index (κ1) is 10.8. The Kier molecular flexibility index (Phi) is 2.78. The third kappa shape index (κ3) is 1.71. The second-order valence-electron chi connectivity index (χ2n) is 5.20. The predicted molar refractivity (Wildman–Crippen MR) is 67.2 cm³/mol. The molecule has 2 saturated heterocycles. The lowest BCUT2D eigenvalue weighted by Gasteiger charge is -2.43. The Hall–Kier alpha value is -0.380. The van der Waals surface area contributed by atoms with Crippen LogP contribution in [-0.2, 0) is 10.2 Å². The third-order valence-corrected chi connectivity index (χ3v) is 5.16. The average molecular weight is 237 g/mol. The lowest BCUT2D eigenvalue weighted by Crippen LogP contribution is -2.50. The number of hydrogen-bond donors (Lipinski definition) is 1. The van der Waals surface area contributed by atoms with E-state index in [1.807, 2.05) is 11.3 Å². The van der Waals surface area contributed by atoms with Gasteiger partial charge in [-0.15, -0.1) is 11.3 Å². The van der Waals surface area contributed by atoms with Gasteiger partial charge in [0.25, 0.3) is 0 Å². The number of ether oxygens (including phenoxy) is 1. The molecule has 88 valence electrons. The van der Waals surface area contributed by atoms with Gasteiger partial charge in [0.05, 0.1) is 18.6 Å². The van der Waals surface area contributed by atoms with Gasteiger partial charge in [-0.25, -0.2) is 0 Å². The molecule has 0 radical (unpaired) electrons. The molecule has 2 aliphatic heterocycles. The summed E-state index contributed by atoms with van der Waals surface area (Å²) in [6, 6.07) is 2.95. The van der Waals surface area contributed by atoms with Crippen molar-refractivity contribution >= 4 is 11.3 Å². The van der Waals surface area contributed by atoms with Gasteiger partial charge in [0.15, 0.2) is 0 Å². The van der Waals surface area contributed by atoms with Crippen molar-refractivity contribution in [3.63, 3.8) is 0 Å². The van der Waals surface area contributed by atoms with Gasteiger partial charge in [0.2, 0.25) is 0 Å². The molecule has 2 aliphatic rings. The van der Waals surface area contributed by atoms with Crippen molar-refractivity contribution in [2.24, 2.45) is 0 Å². The van der Waals surface area contributed by atoms with Crippen LogP contribution in [0.4, 0.5) is 0 Å². The van der Waals surface area contributed by atoms with E-state index in [1.54, 1.807) is 4.88 Å². The molecular formula is C13H19NOS. The number of hydrogen-bond acceptors (Lipinski definition) is 3. The van der Waals surface area contributed by atoms with E-state index in [0.717, 1.165) is 13.2 Å². The molecule has 0 saturated carbocycles. The lowest BCUT2D eigenvalue weighted by atomic mass is 9.77. The van der Waals surface area contributed by atoms with E-state index in [0.29, 0.717) is 11.5 Å². The summed E-state index contributed by atoms with van der Waals surface area (Å²) in [5.41, 5.74) is 1.78. The van der Waals surface area contributed by atoms with Gasteiger partial charge >= 0.3 is 0 Å². The third-order valence-electron chi connectivity index (χ3n) is 3.90. The normalized spacial score (nSPS) is 27.9. The highest BCUT2D eigenvalue weighted by Crippen LogP contribution is 2.42. The van der Waals surface area contributed by atoms with Crippen LogP contribution >= 0.6 is 11.3 Å². The van der Waals surface area contributed by atoms with E-state index in [-0.39, 0.29) is 0 Å². The topological polar surface area (TPSA) is 21.3 Å². The van der Waals surface area contributed by atoms with E-state index < -0.39 is 0 Å². The molecule has 0 aromatic carbocycles. The fraction of sp³-hybridized carbons (Fsp3) is 0.692. The Morgan fingerprint density at radius 1 is 1.56 bits per heavy atom. The summed E-state index contributed by atoms with van der Waals surface area (Å²) < 4.78 is 5.51. The van der Waals surface area contributed by atoms with Crippen LogP contribution in [-0.4, -0.2) is 25.8 Å². The van der Waals surface area contributed by atoms with E-state index in [1.165, 1.54) is 31.4 Å². The second kappa shape index (κ2) is 4.13. The van der Waals surface area contributed by atoms with Crippen molar-refractivity contribution in [1.29, 1.82) is 0 Å². The van der Waals surface area contributed by atoms with E-state index >= 15 is 0 Å². The molecule has 0 bridgehead atoms. The molecule has 3 heteroatoms. The lowest BCUT2D eigenvalue weighted by molar-refractivity contribution is -0.0663. The van der Waals surface area contributed by atoms with Crippen molar-refractivity contribution in [2.75, 3.05) is 19.8 Å². The molecule has 0 spiro atoms. The predicted octanol–water partition coefficient (Wildman–Crippen LogP) is 2.47. The van der Waals surface area contributed by atoms with Gasteiger partial charge in [-0.2, -0.15) is 0 Å². The molecule has 1 aromatic heterocycles. The minimum atomic E-state index is 0.334. The highest BCUT2D eigenvalue weighted by molar-refractivity contribution is 7.10. The van der Waals surface area contributed by atoms with E-state index in [4.69, 9.17) is 4.74 Å². The zero-order valence-corrected chi connectivity index (χ0v) is 10.6. The molecule has 1 atom stereocenters. The first-order chi connectivity index (χ1) is 7.80. The molecule has 16 heavy (non-hydrogen) atoms. The van der Waals surface area contributed by atoms with Crippen LogP contribution in [0.1, 0.15) is 29.7 Å². The number of thiophene rings is 1. The molecule has 1 N–H and O–H groups in total. The van der Waals surface area contributed by atoms with Crippen LogP contribution in [0, 0.1) is 6.92 Å². The highest BCUT2D eigenvalue weighted by atomic mass is 32.1. The first-order valence-electron chi connectivity index (χ1n) is 6.16. The number of rotatable bonds is 3. The summed E-state index contributed by atoms with van der Waals surface area (Å²) in [6.07, 6.45) is 3.94. The Morgan fingerprint density at radius 2 is 2.44 bits per heavy atom. The van der Waals surface area contributed by atoms with Crippen LogP contribution in [0.5, 0.6) is 0 Å². The van der Waals surface area contributed by atoms with Crippen LogP contribution in [0.3, 0.4) is 0 Å². The monoisotopic (exact) mass is 237 g/mol. The van der Waals surface area contributed by atoms with Gasteiger partial charge in [-0.1, -0.05) is 0 Å². The largest absolute Gasteiger partial charge is 0.379 e. The zero-order chi connectivity index (χ0) is 11.0. The van der Waals surface area contributed by atoms with Gasteiger partial charge in [-0.3, -0.25) is 0 Å². The fourth-order valence-corrected chi connectivity index (χ4v) is 4.12. The molecular weight excluding hydrogens is 218 g/mol. The van der Waals surface area contributed by atoms with Gasteiger partial charge < -0.3 is 10.1 Å². The Morgan fingerprint density at radius 3 is 2.94 bits per heavy atom. The minimum absolute atomic E-state index is 0.334. The SMILES string of the molecule is Cc1ccsc1C1(CC2CCCN2)COC1. The van der Waals surface area contributed by atoms with Crippen molar-refractivity contribution < 1.29 is 4.74 Å². The molecule has 2 fully saturated rings. The van der Waals surface area contributed by atoms with Crippen LogP contribution in [0.2, 0.25) is 0 Å². The van der Waals surface area contributed by atoms with Crippen molar-refractivity contribution in [3.8, 4) is 0 Å². The zero-order valence-electron chi connectivity index (χ0n) is 9.79. The van der Waals surface area contributed by atoms with Gasteiger partial charge in [0.1, 0.15) is 0 Å². The summed E-state index contributed by atoms with van der Waals surface area (Å²) in [4.78, 5) is 1.56. The maximum atomic E-state index is 5.51. The quantitative estimate of drug-likeness (QED) is 0.872. The van der Waals surface area contributed by atoms with Gasteiger partial charge in [0, 0.05) is 10.9 Å². The highest BCUT2D eigenvalue weighted by Gasteiger charge is 2.44. The van der Waals surface area contributed by atoms with Crippen molar-refractivity contribution in [3.05, 3.63) is 21.9 Å².